The number of hydrazone groups is 1. The van der Waals surface area contributed by atoms with Gasteiger partial charge in [0.25, 0.3) is 5.65 Å². The topological polar surface area (TPSA) is 73.4 Å². The quantitative estimate of drug-likeness (QED) is 0.201. The van der Waals surface area contributed by atoms with Crippen LogP contribution < -0.4 is 20.6 Å². The third-order valence-electron chi connectivity index (χ3n) is 3.88. The number of aryl methyl sites for hydroxylation is 1. The number of imidazole rings is 1. The van der Waals surface area contributed by atoms with Crippen molar-refractivity contribution in [2.75, 3.05) is 6.54 Å². The van der Waals surface area contributed by atoms with E-state index in [-0.39, 0.29) is 0 Å². The van der Waals surface area contributed by atoms with Crippen molar-refractivity contribution in [2.45, 2.75) is 0 Å². The van der Waals surface area contributed by atoms with Gasteiger partial charge in [-0.25, -0.2) is 8.97 Å². The summed E-state index contributed by atoms with van der Waals surface area (Å²) >= 11 is 0. The van der Waals surface area contributed by atoms with E-state index in [1.807, 2.05) is 30.5 Å². The van der Waals surface area contributed by atoms with Crippen LogP contribution in [-0.2, 0) is 7.05 Å². The zero-order valence-corrected chi connectivity index (χ0v) is 14.2. The fourth-order valence-electron chi connectivity index (χ4n) is 2.59. The molecule has 126 valence electrons. The van der Waals surface area contributed by atoms with Crippen molar-refractivity contribution in [3.05, 3.63) is 73.1 Å². The number of aromatic nitrogens is 2. The van der Waals surface area contributed by atoms with E-state index in [1.54, 1.807) is 12.3 Å². The zero-order valence-electron chi connectivity index (χ0n) is 14.2. The van der Waals surface area contributed by atoms with Crippen LogP contribution in [0.15, 0.2) is 72.6 Å². The SMILES string of the molecule is C=CC[NH+]=C(N)N/N=C\c1ccc(-c2c[n+]3ccccc3n2C)cc1. The number of hydrogen-bond acceptors (Lipinski definition) is 1. The Kier molecular flexibility index (Phi) is 4.89. The van der Waals surface area contributed by atoms with Crippen molar-refractivity contribution < 1.29 is 9.39 Å². The monoisotopic (exact) mass is 334 g/mol. The Hall–Kier alpha value is -3.41. The van der Waals surface area contributed by atoms with Gasteiger partial charge in [0.05, 0.1) is 26.0 Å². The summed E-state index contributed by atoms with van der Waals surface area (Å²) in [6, 6.07) is 14.4. The second-order valence-corrected chi connectivity index (χ2v) is 5.61. The smallest absolute Gasteiger partial charge is 0.289 e. The van der Waals surface area contributed by atoms with Crippen molar-refractivity contribution in [1.82, 2.24) is 9.99 Å². The van der Waals surface area contributed by atoms with Crippen LogP contribution in [0.1, 0.15) is 5.56 Å². The van der Waals surface area contributed by atoms with E-state index in [9.17, 15) is 0 Å². The fourth-order valence-corrected chi connectivity index (χ4v) is 2.59. The highest BCUT2D eigenvalue weighted by Crippen LogP contribution is 2.19. The summed E-state index contributed by atoms with van der Waals surface area (Å²) < 4.78 is 4.29. The minimum atomic E-state index is 0.389. The molecule has 3 rings (SSSR count). The van der Waals surface area contributed by atoms with Gasteiger partial charge in [0, 0.05) is 11.6 Å². The van der Waals surface area contributed by atoms with Crippen LogP contribution in [0.5, 0.6) is 0 Å². The van der Waals surface area contributed by atoms with Gasteiger partial charge in [-0.1, -0.05) is 30.9 Å². The zero-order chi connectivity index (χ0) is 17.6. The molecule has 4 N–H and O–H groups in total. The van der Waals surface area contributed by atoms with Gasteiger partial charge in [-0.3, -0.25) is 10.7 Å². The van der Waals surface area contributed by atoms with Crippen LogP contribution in [0.25, 0.3) is 16.9 Å². The minimum absolute atomic E-state index is 0.389. The molecule has 0 atom stereocenters. The molecule has 0 aliphatic carbocycles. The van der Waals surface area contributed by atoms with Crippen molar-refractivity contribution in [2.24, 2.45) is 17.9 Å². The van der Waals surface area contributed by atoms with Crippen LogP contribution in [0.2, 0.25) is 0 Å². The molecule has 0 saturated carbocycles. The molecule has 0 bridgehead atoms. The number of rotatable bonds is 5. The maximum atomic E-state index is 5.71. The Bertz CT molecular complexity index is 934. The molecule has 0 fully saturated rings. The first-order valence-electron chi connectivity index (χ1n) is 8.01. The van der Waals surface area contributed by atoms with E-state index in [0.29, 0.717) is 12.5 Å². The van der Waals surface area contributed by atoms with Gasteiger partial charge in [0.15, 0.2) is 5.69 Å². The van der Waals surface area contributed by atoms with E-state index in [0.717, 1.165) is 22.5 Å². The normalized spacial score (nSPS) is 12.0. The average molecular weight is 334 g/mol. The second kappa shape index (κ2) is 7.44. The van der Waals surface area contributed by atoms with Crippen molar-refractivity contribution in [1.29, 1.82) is 0 Å². The lowest BCUT2D eigenvalue weighted by molar-refractivity contribution is -0.510. The van der Waals surface area contributed by atoms with E-state index in [1.165, 1.54) is 0 Å². The first kappa shape index (κ1) is 16.4. The lowest BCUT2D eigenvalue weighted by Gasteiger charge is -1.98. The first-order chi connectivity index (χ1) is 12.2. The van der Waals surface area contributed by atoms with Crippen molar-refractivity contribution in [3.63, 3.8) is 0 Å². The second-order valence-electron chi connectivity index (χ2n) is 5.61. The van der Waals surface area contributed by atoms with Crippen LogP contribution in [0.3, 0.4) is 0 Å². The fraction of sp³-hybridized carbons (Fsp3) is 0.105. The summed E-state index contributed by atoms with van der Waals surface area (Å²) in [5.41, 5.74) is 12.9. The van der Waals surface area contributed by atoms with Gasteiger partial charge in [-0.05, 0) is 23.8 Å². The number of hydrogen-bond donors (Lipinski definition) is 3. The number of fused-ring (bicyclic) bond motifs is 1. The predicted molar refractivity (Wildman–Crippen MR) is 100.0 cm³/mol. The van der Waals surface area contributed by atoms with Gasteiger partial charge in [0.2, 0.25) is 0 Å². The number of nitrogens with one attached hydrogen (secondary N) is 2. The molecule has 6 nitrogen and oxygen atoms in total. The molecule has 0 radical (unpaired) electrons. The minimum Gasteiger partial charge on any atom is -0.289 e. The molecule has 2 aromatic heterocycles. The molecule has 2 heterocycles. The summed E-state index contributed by atoms with van der Waals surface area (Å²) in [6.07, 6.45) is 7.62. The summed E-state index contributed by atoms with van der Waals surface area (Å²) in [5, 5.41) is 4.11. The summed E-state index contributed by atoms with van der Waals surface area (Å²) in [6.45, 7) is 4.20. The maximum Gasteiger partial charge on any atom is 0.365 e. The molecular formula is C19H22N6+2. The van der Waals surface area contributed by atoms with Crippen LogP contribution >= 0.6 is 0 Å². The van der Waals surface area contributed by atoms with Gasteiger partial charge in [-0.2, -0.15) is 5.43 Å². The largest absolute Gasteiger partial charge is 0.365 e. The van der Waals surface area contributed by atoms with E-state index >= 15 is 0 Å². The third-order valence-corrected chi connectivity index (χ3v) is 3.88. The molecule has 3 aromatic rings. The Morgan fingerprint density at radius 1 is 1.32 bits per heavy atom. The Morgan fingerprint density at radius 2 is 2.12 bits per heavy atom. The molecule has 0 unspecified atom stereocenters. The Balaban J connectivity index is 1.75. The average Bonchev–Trinajstić information content (AvgIpc) is 2.98. The molecule has 0 aliphatic rings. The molecular weight excluding hydrogens is 312 g/mol. The van der Waals surface area contributed by atoms with Crippen LogP contribution in [-0.4, -0.2) is 23.3 Å². The van der Waals surface area contributed by atoms with Crippen molar-refractivity contribution >= 4 is 17.8 Å². The van der Waals surface area contributed by atoms with Gasteiger partial charge < -0.3 is 0 Å². The number of pyridine rings is 1. The Morgan fingerprint density at radius 3 is 2.84 bits per heavy atom. The molecule has 25 heavy (non-hydrogen) atoms. The highest BCUT2D eigenvalue weighted by Gasteiger charge is 2.14. The first-order valence-corrected chi connectivity index (χ1v) is 8.01. The van der Waals surface area contributed by atoms with Crippen molar-refractivity contribution in [3.8, 4) is 11.3 Å². The molecule has 0 amide bonds. The number of guanidine groups is 1. The number of nitrogens with zero attached hydrogens (tertiary/aromatic N) is 3. The maximum absolute atomic E-state index is 5.71. The van der Waals surface area contributed by atoms with E-state index < -0.39 is 0 Å². The molecule has 0 saturated heterocycles. The molecule has 0 spiro atoms. The highest BCUT2D eigenvalue weighted by molar-refractivity contribution is 5.82. The standard InChI is InChI=1S/C19H21N6/c1-3-11-21-19(20)23-22-13-15-7-9-16(10-8-15)17-14-25-12-5-4-6-18(25)24(17)2/h3-10,12-14H,1,11H2,2H3,(H3,20,21,23)/q+1/p+1/b22-13-. The summed E-state index contributed by atoms with van der Waals surface area (Å²) in [5.74, 6) is 0.389. The highest BCUT2D eigenvalue weighted by atomic mass is 15.3. The summed E-state index contributed by atoms with van der Waals surface area (Å²) in [7, 11) is 2.07. The van der Waals surface area contributed by atoms with E-state index in [2.05, 4.69) is 62.5 Å². The summed E-state index contributed by atoms with van der Waals surface area (Å²) in [4.78, 5) is 2.91. The lowest BCUT2D eigenvalue weighted by Crippen LogP contribution is -2.77. The predicted octanol–water partition coefficient (Wildman–Crippen LogP) is -0.0644. The van der Waals surface area contributed by atoms with E-state index in [4.69, 9.17) is 5.73 Å². The van der Waals surface area contributed by atoms with Crippen LogP contribution in [0, 0.1) is 0 Å². The third kappa shape index (κ3) is 3.74. The number of nitrogens with two attached hydrogens (primary N) is 1. The number of benzene rings is 1. The van der Waals surface area contributed by atoms with Gasteiger partial charge in [0.1, 0.15) is 6.20 Å². The van der Waals surface area contributed by atoms with Gasteiger partial charge >= 0.3 is 5.96 Å². The van der Waals surface area contributed by atoms with Gasteiger partial charge in [-0.15, -0.1) is 5.10 Å². The Labute approximate surface area is 146 Å². The molecule has 6 heteroatoms. The molecule has 0 aliphatic heterocycles. The molecule has 1 aromatic carbocycles. The van der Waals surface area contributed by atoms with Crippen LogP contribution in [0.4, 0.5) is 0 Å². The lowest BCUT2D eigenvalue weighted by atomic mass is 10.1.